The Morgan fingerprint density at radius 3 is 1.33 bits per heavy atom. The zero-order valence-corrected chi connectivity index (χ0v) is 16.4. The summed E-state index contributed by atoms with van der Waals surface area (Å²) in [5.41, 5.74) is 0. The normalized spacial score (nSPS) is 19.8. The van der Waals surface area contributed by atoms with E-state index in [4.69, 9.17) is 10.2 Å². The molecule has 1 fully saturated rings. The average Bonchev–Trinajstić information content (AvgIpc) is 2.60. The maximum absolute atomic E-state index is 11.8. The smallest absolute Gasteiger partial charge is 0.317 e. The number of hydrogen-bond donors (Lipinski definition) is 3. The molecule has 3 N–H and O–H groups in total. The van der Waals surface area contributed by atoms with Crippen molar-refractivity contribution in [1.29, 1.82) is 0 Å². The van der Waals surface area contributed by atoms with Crippen molar-refractivity contribution in [1.82, 2.24) is 24.9 Å². The van der Waals surface area contributed by atoms with Crippen LogP contribution in [0.5, 0.6) is 0 Å². The maximum Gasteiger partial charge on any atom is 0.317 e. The number of carbonyl (C=O) groups is 3. The van der Waals surface area contributed by atoms with E-state index >= 15 is 0 Å². The van der Waals surface area contributed by atoms with Gasteiger partial charge in [-0.2, -0.15) is 0 Å². The summed E-state index contributed by atoms with van der Waals surface area (Å²) in [6.07, 6.45) is 0. The third kappa shape index (κ3) is 10.2. The minimum atomic E-state index is -0.915. The van der Waals surface area contributed by atoms with Crippen molar-refractivity contribution in [3.63, 3.8) is 0 Å². The standard InChI is InChI=1S/C17H33N5O5/c1-3-19-4-6-20(12-15(23)18-2)8-9-22(14-17(26)27)11-10-21(7-5-19)13-16(24)25/h3-14H2,1-2H3,(H,18,23)(H,24,25)(H,26,27). The monoisotopic (exact) mass is 387 g/mol. The Labute approximate surface area is 160 Å². The predicted molar refractivity (Wildman–Crippen MR) is 101 cm³/mol. The van der Waals surface area contributed by atoms with Crippen molar-refractivity contribution in [2.24, 2.45) is 0 Å². The molecule has 10 nitrogen and oxygen atoms in total. The van der Waals surface area contributed by atoms with Gasteiger partial charge in [-0.3, -0.25) is 29.1 Å². The number of hydrogen-bond acceptors (Lipinski definition) is 7. The van der Waals surface area contributed by atoms with Crippen LogP contribution in [-0.4, -0.2) is 133 Å². The van der Waals surface area contributed by atoms with E-state index < -0.39 is 11.9 Å². The molecule has 1 rings (SSSR count). The van der Waals surface area contributed by atoms with E-state index in [2.05, 4.69) is 17.1 Å². The number of aliphatic carboxylic acids is 2. The van der Waals surface area contributed by atoms with Crippen LogP contribution in [0.2, 0.25) is 0 Å². The molecule has 0 saturated carbocycles. The molecule has 1 amide bonds. The van der Waals surface area contributed by atoms with Crippen LogP contribution in [0.1, 0.15) is 6.92 Å². The van der Waals surface area contributed by atoms with Crippen LogP contribution < -0.4 is 5.32 Å². The zero-order valence-electron chi connectivity index (χ0n) is 16.4. The molecule has 0 aromatic rings. The van der Waals surface area contributed by atoms with Crippen molar-refractivity contribution in [2.75, 3.05) is 85.6 Å². The Morgan fingerprint density at radius 2 is 1.04 bits per heavy atom. The molecule has 1 saturated heterocycles. The lowest BCUT2D eigenvalue weighted by Crippen LogP contribution is -2.49. The highest BCUT2D eigenvalue weighted by atomic mass is 16.4. The van der Waals surface area contributed by atoms with Crippen LogP contribution in [0, 0.1) is 0 Å². The largest absolute Gasteiger partial charge is 0.480 e. The Kier molecular flexibility index (Phi) is 10.9. The molecule has 0 atom stereocenters. The molecule has 0 bridgehead atoms. The Morgan fingerprint density at radius 1 is 0.704 bits per heavy atom. The van der Waals surface area contributed by atoms with Gasteiger partial charge in [-0.05, 0) is 6.54 Å². The van der Waals surface area contributed by atoms with Crippen LogP contribution in [0.15, 0.2) is 0 Å². The van der Waals surface area contributed by atoms with Crippen LogP contribution >= 0.6 is 0 Å². The number of carbonyl (C=O) groups excluding carboxylic acids is 1. The molecule has 1 aliphatic heterocycles. The first-order chi connectivity index (χ1) is 12.8. The molecular weight excluding hydrogens is 354 g/mol. The van der Waals surface area contributed by atoms with E-state index in [0.717, 1.165) is 19.6 Å². The molecule has 0 spiro atoms. The molecule has 1 aliphatic rings. The quantitative estimate of drug-likeness (QED) is 0.462. The van der Waals surface area contributed by atoms with Crippen LogP contribution in [0.25, 0.3) is 0 Å². The van der Waals surface area contributed by atoms with E-state index in [-0.39, 0.29) is 25.5 Å². The number of amides is 1. The molecule has 156 valence electrons. The van der Waals surface area contributed by atoms with Gasteiger partial charge >= 0.3 is 11.9 Å². The highest BCUT2D eigenvalue weighted by molar-refractivity contribution is 5.77. The lowest BCUT2D eigenvalue weighted by Gasteiger charge is -2.32. The summed E-state index contributed by atoms with van der Waals surface area (Å²) < 4.78 is 0. The predicted octanol–water partition coefficient (Wildman–Crippen LogP) is -1.86. The van der Waals surface area contributed by atoms with Crippen molar-refractivity contribution >= 4 is 17.8 Å². The summed E-state index contributed by atoms with van der Waals surface area (Å²) in [7, 11) is 1.60. The SMILES string of the molecule is CCN1CCN(CC(=O)O)CCN(CC(=O)O)CCN(CC(=O)NC)CC1. The number of likely N-dealkylation sites (N-methyl/N-ethyl adjacent to an activating group) is 2. The molecule has 0 radical (unpaired) electrons. The maximum atomic E-state index is 11.8. The number of nitrogens with zero attached hydrogens (tertiary/aromatic N) is 4. The fourth-order valence-corrected chi connectivity index (χ4v) is 3.03. The van der Waals surface area contributed by atoms with Gasteiger partial charge in [0.15, 0.2) is 0 Å². The summed E-state index contributed by atoms with van der Waals surface area (Å²) in [6.45, 7) is 7.89. The van der Waals surface area contributed by atoms with Crippen LogP contribution in [0.3, 0.4) is 0 Å². The Balaban J connectivity index is 2.83. The molecule has 0 aromatic carbocycles. The van der Waals surface area contributed by atoms with E-state index in [9.17, 15) is 14.4 Å². The van der Waals surface area contributed by atoms with Gasteiger partial charge in [0.1, 0.15) is 0 Å². The van der Waals surface area contributed by atoms with Crippen molar-refractivity contribution in [3.8, 4) is 0 Å². The van der Waals surface area contributed by atoms with Gasteiger partial charge in [0.2, 0.25) is 5.91 Å². The van der Waals surface area contributed by atoms with Crippen LogP contribution in [-0.2, 0) is 14.4 Å². The Bertz CT molecular complexity index is 490. The summed E-state index contributed by atoms with van der Waals surface area (Å²) in [5, 5.41) is 20.9. The number of carboxylic acids is 2. The Hall–Kier alpha value is -1.75. The molecular formula is C17H33N5O5. The van der Waals surface area contributed by atoms with E-state index in [1.165, 1.54) is 0 Å². The third-order valence-electron chi connectivity index (χ3n) is 4.74. The summed E-state index contributed by atoms with van der Waals surface area (Å²) in [5.74, 6) is -1.86. The number of carboxylic acid groups (broad SMARTS) is 2. The number of rotatable bonds is 7. The first-order valence-electron chi connectivity index (χ1n) is 9.37. The van der Waals surface area contributed by atoms with Crippen molar-refractivity contribution in [2.45, 2.75) is 6.92 Å². The van der Waals surface area contributed by atoms with Crippen molar-refractivity contribution < 1.29 is 24.6 Å². The van der Waals surface area contributed by atoms with E-state index in [0.29, 0.717) is 39.3 Å². The average molecular weight is 387 g/mol. The zero-order chi connectivity index (χ0) is 20.2. The summed E-state index contributed by atoms with van der Waals surface area (Å²) in [6, 6.07) is 0. The molecule has 10 heteroatoms. The number of nitrogens with one attached hydrogen (secondary N) is 1. The topological polar surface area (TPSA) is 117 Å². The van der Waals surface area contributed by atoms with Gasteiger partial charge in [0.25, 0.3) is 0 Å². The summed E-state index contributed by atoms with van der Waals surface area (Å²) in [4.78, 5) is 42.0. The van der Waals surface area contributed by atoms with Gasteiger partial charge in [-0.25, -0.2) is 0 Å². The second-order valence-corrected chi connectivity index (χ2v) is 6.72. The van der Waals surface area contributed by atoms with Gasteiger partial charge < -0.3 is 20.4 Å². The first kappa shape index (κ1) is 23.3. The minimum Gasteiger partial charge on any atom is -0.480 e. The fourth-order valence-electron chi connectivity index (χ4n) is 3.03. The molecule has 0 aliphatic carbocycles. The molecule has 0 aromatic heterocycles. The van der Waals surface area contributed by atoms with Gasteiger partial charge in [-0.1, -0.05) is 6.92 Å². The third-order valence-corrected chi connectivity index (χ3v) is 4.74. The molecule has 1 heterocycles. The molecule has 27 heavy (non-hydrogen) atoms. The highest BCUT2D eigenvalue weighted by Gasteiger charge is 2.19. The van der Waals surface area contributed by atoms with Crippen LogP contribution in [0.4, 0.5) is 0 Å². The lowest BCUT2D eigenvalue weighted by molar-refractivity contribution is -0.140. The lowest BCUT2D eigenvalue weighted by atomic mass is 10.3. The van der Waals surface area contributed by atoms with E-state index in [1.807, 2.05) is 9.80 Å². The molecule has 0 unspecified atom stereocenters. The second-order valence-electron chi connectivity index (χ2n) is 6.72. The van der Waals surface area contributed by atoms with Crippen molar-refractivity contribution in [3.05, 3.63) is 0 Å². The minimum absolute atomic E-state index is 0.0543. The highest BCUT2D eigenvalue weighted by Crippen LogP contribution is 2.01. The van der Waals surface area contributed by atoms with E-state index in [1.54, 1.807) is 11.9 Å². The van der Waals surface area contributed by atoms with Gasteiger partial charge in [0, 0.05) is 59.4 Å². The second kappa shape index (κ2) is 12.6. The first-order valence-corrected chi connectivity index (χ1v) is 9.37. The van der Waals surface area contributed by atoms with Gasteiger partial charge in [0.05, 0.1) is 19.6 Å². The summed E-state index contributed by atoms with van der Waals surface area (Å²) >= 11 is 0. The fraction of sp³-hybridized carbons (Fsp3) is 0.824. The van der Waals surface area contributed by atoms with Gasteiger partial charge in [-0.15, -0.1) is 0 Å².